The lowest BCUT2D eigenvalue weighted by atomic mass is 10.2. The molecular weight excluding hydrogens is 244 g/mol. The molecule has 2 aromatic heterocycles. The summed E-state index contributed by atoms with van der Waals surface area (Å²) in [5, 5.41) is 13.8. The Morgan fingerprint density at radius 2 is 2.42 bits per heavy atom. The average molecular weight is 258 g/mol. The maximum atomic E-state index is 11.9. The number of nitrogens with one attached hydrogen (secondary N) is 2. The molecule has 0 saturated carbocycles. The molecule has 0 bridgehead atoms. The Hall–Kier alpha value is -2.28. The van der Waals surface area contributed by atoms with Crippen molar-refractivity contribution >= 4 is 5.91 Å². The summed E-state index contributed by atoms with van der Waals surface area (Å²) in [5.74, 6) is -0.220. The van der Waals surface area contributed by atoms with Crippen LogP contribution in [0.1, 0.15) is 22.1 Å². The second kappa shape index (κ2) is 5.15. The molecule has 1 aliphatic heterocycles. The lowest BCUT2D eigenvalue weighted by Gasteiger charge is -2.26. The number of aromatic nitrogens is 4. The van der Waals surface area contributed by atoms with Crippen LogP contribution in [0.3, 0.4) is 0 Å². The third kappa shape index (κ3) is 2.60. The second-order valence-electron chi connectivity index (χ2n) is 4.44. The summed E-state index contributed by atoms with van der Waals surface area (Å²) in [6.45, 7) is 2.19. The molecule has 0 aromatic carbocycles. The normalized spacial score (nSPS) is 14.9. The number of rotatable bonds is 4. The molecule has 1 fully saturated rings. The first-order valence-electron chi connectivity index (χ1n) is 6.12. The molecule has 0 spiro atoms. The molecule has 0 atom stereocenters. The largest absolute Gasteiger partial charge is 0.346 e. The fourth-order valence-corrected chi connectivity index (χ4v) is 1.80. The molecule has 3 rings (SSSR count). The third-order valence-corrected chi connectivity index (χ3v) is 3.05. The van der Waals surface area contributed by atoms with Gasteiger partial charge in [0.2, 0.25) is 0 Å². The van der Waals surface area contributed by atoms with Crippen molar-refractivity contribution in [2.24, 2.45) is 0 Å². The van der Waals surface area contributed by atoms with Crippen LogP contribution in [-0.4, -0.2) is 39.0 Å². The van der Waals surface area contributed by atoms with Gasteiger partial charge in [0.15, 0.2) is 5.69 Å². The van der Waals surface area contributed by atoms with E-state index < -0.39 is 0 Å². The highest BCUT2D eigenvalue weighted by Crippen LogP contribution is 2.09. The van der Waals surface area contributed by atoms with Gasteiger partial charge in [0, 0.05) is 32.0 Å². The molecule has 0 unspecified atom stereocenters. The summed E-state index contributed by atoms with van der Waals surface area (Å²) >= 11 is 0. The molecule has 0 radical (unpaired) electrons. The zero-order valence-corrected chi connectivity index (χ0v) is 10.3. The van der Waals surface area contributed by atoms with Crippen LogP contribution in [0.4, 0.5) is 0 Å². The Morgan fingerprint density at radius 1 is 1.53 bits per heavy atom. The van der Waals surface area contributed by atoms with E-state index in [9.17, 15) is 4.79 Å². The SMILES string of the molecule is O=C(NCc1cccnc1)c1cn(C2CNC2)nn1. The second-order valence-corrected chi connectivity index (χ2v) is 4.44. The van der Waals surface area contributed by atoms with E-state index in [0.717, 1.165) is 18.7 Å². The molecule has 7 heteroatoms. The molecule has 1 aliphatic rings. The highest BCUT2D eigenvalue weighted by Gasteiger charge is 2.21. The molecule has 98 valence electrons. The van der Waals surface area contributed by atoms with Crippen LogP contribution in [0, 0.1) is 0 Å². The van der Waals surface area contributed by atoms with Gasteiger partial charge in [0.1, 0.15) is 0 Å². The Bertz CT molecular complexity index is 563. The van der Waals surface area contributed by atoms with Gasteiger partial charge in [-0.15, -0.1) is 5.10 Å². The van der Waals surface area contributed by atoms with Crippen molar-refractivity contribution in [1.29, 1.82) is 0 Å². The Balaban J connectivity index is 1.59. The van der Waals surface area contributed by atoms with Gasteiger partial charge in [0.05, 0.1) is 12.2 Å². The minimum atomic E-state index is -0.220. The third-order valence-electron chi connectivity index (χ3n) is 3.05. The first-order valence-corrected chi connectivity index (χ1v) is 6.12. The molecule has 2 aromatic rings. The fourth-order valence-electron chi connectivity index (χ4n) is 1.80. The summed E-state index contributed by atoms with van der Waals surface area (Å²) in [5.41, 5.74) is 1.29. The van der Waals surface area contributed by atoms with Gasteiger partial charge < -0.3 is 10.6 Å². The van der Waals surface area contributed by atoms with Gasteiger partial charge in [-0.1, -0.05) is 11.3 Å². The van der Waals surface area contributed by atoms with Gasteiger partial charge >= 0.3 is 0 Å². The van der Waals surface area contributed by atoms with Crippen LogP contribution < -0.4 is 10.6 Å². The van der Waals surface area contributed by atoms with E-state index in [0.29, 0.717) is 18.3 Å². The lowest BCUT2D eigenvalue weighted by Crippen LogP contribution is -2.43. The van der Waals surface area contributed by atoms with E-state index in [4.69, 9.17) is 0 Å². The highest BCUT2D eigenvalue weighted by molar-refractivity contribution is 5.91. The molecule has 1 saturated heterocycles. The topological polar surface area (TPSA) is 84.7 Å². The number of nitrogens with zero attached hydrogens (tertiary/aromatic N) is 4. The van der Waals surface area contributed by atoms with E-state index in [1.165, 1.54) is 0 Å². The smallest absolute Gasteiger partial charge is 0.273 e. The van der Waals surface area contributed by atoms with Crippen LogP contribution in [0.15, 0.2) is 30.7 Å². The van der Waals surface area contributed by atoms with Crippen LogP contribution in [0.5, 0.6) is 0 Å². The van der Waals surface area contributed by atoms with Crippen molar-refractivity contribution in [3.05, 3.63) is 42.0 Å². The fraction of sp³-hybridized carbons (Fsp3) is 0.333. The van der Waals surface area contributed by atoms with Crippen molar-refractivity contribution in [3.63, 3.8) is 0 Å². The number of pyridine rings is 1. The molecule has 0 aliphatic carbocycles. The maximum absolute atomic E-state index is 11.9. The zero-order valence-electron chi connectivity index (χ0n) is 10.3. The lowest BCUT2D eigenvalue weighted by molar-refractivity contribution is 0.0945. The number of carbonyl (C=O) groups is 1. The van der Waals surface area contributed by atoms with Gasteiger partial charge in [-0.05, 0) is 11.6 Å². The van der Waals surface area contributed by atoms with Crippen molar-refractivity contribution in [1.82, 2.24) is 30.6 Å². The summed E-state index contributed by atoms with van der Waals surface area (Å²) in [6, 6.07) is 4.05. The average Bonchev–Trinajstić information content (AvgIpc) is 2.84. The van der Waals surface area contributed by atoms with Gasteiger partial charge in [0.25, 0.3) is 5.91 Å². The van der Waals surface area contributed by atoms with E-state index in [1.807, 2.05) is 12.1 Å². The van der Waals surface area contributed by atoms with Gasteiger partial charge in [-0.2, -0.15) is 0 Å². The predicted molar refractivity (Wildman–Crippen MR) is 67.3 cm³/mol. The van der Waals surface area contributed by atoms with E-state index >= 15 is 0 Å². The summed E-state index contributed by atoms with van der Waals surface area (Å²) in [7, 11) is 0. The van der Waals surface area contributed by atoms with Crippen LogP contribution >= 0.6 is 0 Å². The van der Waals surface area contributed by atoms with E-state index in [-0.39, 0.29) is 5.91 Å². The predicted octanol–water partition coefficient (Wildman–Crippen LogP) is -0.253. The molecule has 7 nitrogen and oxygen atoms in total. The quantitative estimate of drug-likeness (QED) is 0.789. The van der Waals surface area contributed by atoms with Crippen molar-refractivity contribution in [3.8, 4) is 0 Å². The van der Waals surface area contributed by atoms with Crippen molar-refractivity contribution in [2.75, 3.05) is 13.1 Å². The number of hydrogen-bond donors (Lipinski definition) is 2. The first-order chi connectivity index (χ1) is 9.33. The molecule has 2 N–H and O–H groups in total. The molecule has 19 heavy (non-hydrogen) atoms. The van der Waals surface area contributed by atoms with E-state index in [2.05, 4.69) is 25.9 Å². The summed E-state index contributed by atoms with van der Waals surface area (Å²) < 4.78 is 1.73. The summed E-state index contributed by atoms with van der Waals surface area (Å²) in [6.07, 6.45) is 5.10. The Labute approximate surface area is 110 Å². The maximum Gasteiger partial charge on any atom is 0.273 e. The zero-order chi connectivity index (χ0) is 13.1. The van der Waals surface area contributed by atoms with Crippen molar-refractivity contribution < 1.29 is 4.79 Å². The summed E-state index contributed by atoms with van der Waals surface area (Å²) in [4.78, 5) is 15.9. The van der Waals surface area contributed by atoms with Crippen LogP contribution in [-0.2, 0) is 6.54 Å². The van der Waals surface area contributed by atoms with Gasteiger partial charge in [-0.25, -0.2) is 4.68 Å². The van der Waals surface area contributed by atoms with Crippen LogP contribution in [0.25, 0.3) is 0 Å². The first kappa shape index (κ1) is 11.8. The Kier molecular flexibility index (Phi) is 3.20. The molecule has 3 heterocycles. The molecule has 1 amide bonds. The van der Waals surface area contributed by atoms with Crippen LogP contribution in [0.2, 0.25) is 0 Å². The van der Waals surface area contributed by atoms with Gasteiger partial charge in [-0.3, -0.25) is 9.78 Å². The minimum Gasteiger partial charge on any atom is -0.346 e. The van der Waals surface area contributed by atoms with E-state index in [1.54, 1.807) is 23.3 Å². The highest BCUT2D eigenvalue weighted by atomic mass is 16.2. The molecular formula is C12H14N6O. The van der Waals surface area contributed by atoms with Crippen molar-refractivity contribution in [2.45, 2.75) is 12.6 Å². The minimum absolute atomic E-state index is 0.220. The monoisotopic (exact) mass is 258 g/mol. The number of carbonyl (C=O) groups excluding carboxylic acids is 1. The Morgan fingerprint density at radius 3 is 3.11 bits per heavy atom. The number of amides is 1. The number of hydrogen-bond acceptors (Lipinski definition) is 5. The standard InChI is InChI=1S/C12H14N6O/c19-12(15-5-9-2-1-3-13-4-9)11-8-18(17-16-11)10-6-14-7-10/h1-4,8,10,14H,5-7H2,(H,15,19).